The first kappa shape index (κ1) is 17.2. The molecule has 0 saturated heterocycles. The lowest BCUT2D eigenvalue weighted by Crippen LogP contribution is -2.47. The highest BCUT2D eigenvalue weighted by molar-refractivity contribution is 5.79. The third-order valence-corrected chi connectivity index (χ3v) is 2.46. The number of primary amides is 1. The first-order valence-corrected chi connectivity index (χ1v) is 6.00. The molecule has 0 aromatic carbocycles. The molecule has 0 heterocycles. The summed E-state index contributed by atoms with van der Waals surface area (Å²) in [5.41, 5.74) is 5.20. The Kier molecular flexibility index (Phi) is 7.23. The second-order valence-electron chi connectivity index (χ2n) is 4.55. The highest BCUT2D eigenvalue weighted by Gasteiger charge is 2.30. The number of nitrogens with zero attached hydrogens (tertiary/aromatic N) is 1. The Labute approximate surface area is 106 Å². The molecule has 18 heavy (non-hydrogen) atoms. The molecule has 0 aliphatic rings. The van der Waals surface area contributed by atoms with Crippen LogP contribution in [0.15, 0.2) is 0 Å². The van der Waals surface area contributed by atoms with Crippen molar-refractivity contribution < 1.29 is 18.0 Å². The van der Waals surface area contributed by atoms with Gasteiger partial charge < -0.3 is 11.1 Å². The molecular weight excluding hydrogens is 247 g/mol. The van der Waals surface area contributed by atoms with Crippen LogP contribution in [0.1, 0.15) is 27.2 Å². The lowest BCUT2D eigenvalue weighted by Gasteiger charge is -2.25. The lowest BCUT2D eigenvalue weighted by molar-refractivity contribution is -0.145. The Hall–Kier alpha value is -0.820. The molecule has 108 valence electrons. The van der Waals surface area contributed by atoms with Crippen LogP contribution in [0.3, 0.4) is 0 Å². The summed E-state index contributed by atoms with van der Waals surface area (Å²) in [7, 11) is 0. The van der Waals surface area contributed by atoms with Crippen molar-refractivity contribution in [2.24, 2.45) is 5.73 Å². The average molecular weight is 269 g/mol. The molecule has 1 unspecified atom stereocenters. The molecule has 0 aromatic heterocycles. The maximum Gasteiger partial charge on any atom is 0.401 e. The number of alkyl halides is 3. The maximum atomic E-state index is 12.2. The number of hydrogen-bond donors (Lipinski definition) is 2. The van der Waals surface area contributed by atoms with Crippen molar-refractivity contribution in [3.63, 3.8) is 0 Å². The number of amides is 1. The fourth-order valence-electron chi connectivity index (χ4n) is 1.62. The summed E-state index contributed by atoms with van der Waals surface area (Å²) in [6, 6.07) is -0.535. The molecule has 0 fully saturated rings. The Morgan fingerprint density at radius 2 is 1.94 bits per heavy atom. The van der Waals surface area contributed by atoms with Gasteiger partial charge in [-0.15, -0.1) is 0 Å². The molecule has 0 spiro atoms. The highest BCUT2D eigenvalue weighted by Crippen LogP contribution is 2.16. The first-order valence-electron chi connectivity index (χ1n) is 6.00. The third kappa shape index (κ3) is 8.30. The van der Waals surface area contributed by atoms with E-state index in [1.807, 2.05) is 13.8 Å². The standard InChI is InChI=1S/C11H22F3N3O/c1-4-17(7-11(12,13)14)6-5-9(10(15)18)16-8(2)3/h8-9,16H,4-7H2,1-3H3,(H2,15,18). The zero-order chi connectivity index (χ0) is 14.3. The van der Waals surface area contributed by atoms with Crippen LogP contribution in [-0.2, 0) is 4.79 Å². The molecule has 1 amide bonds. The monoisotopic (exact) mass is 269 g/mol. The molecule has 3 N–H and O–H groups in total. The SMILES string of the molecule is CCN(CCC(NC(C)C)C(N)=O)CC(F)(F)F. The van der Waals surface area contributed by atoms with Crippen molar-refractivity contribution in [2.75, 3.05) is 19.6 Å². The summed E-state index contributed by atoms with van der Waals surface area (Å²) in [4.78, 5) is 12.4. The van der Waals surface area contributed by atoms with E-state index in [-0.39, 0.29) is 25.6 Å². The smallest absolute Gasteiger partial charge is 0.368 e. The molecule has 0 radical (unpaired) electrons. The van der Waals surface area contributed by atoms with Crippen molar-refractivity contribution in [3.05, 3.63) is 0 Å². The summed E-state index contributed by atoms with van der Waals surface area (Å²) in [6.45, 7) is 4.86. The van der Waals surface area contributed by atoms with Gasteiger partial charge in [0.25, 0.3) is 0 Å². The van der Waals surface area contributed by atoms with Gasteiger partial charge in [0.2, 0.25) is 5.91 Å². The highest BCUT2D eigenvalue weighted by atomic mass is 19.4. The molecule has 1 atom stereocenters. The molecule has 4 nitrogen and oxygen atoms in total. The Morgan fingerprint density at radius 3 is 2.28 bits per heavy atom. The van der Waals surface area contributed by atoms with Crippen LogP contribution in [0.5, 0.6) is 0 Å². The van der Waals surface area contributed by atoms with Crippen molar-refractivity contribution in [1.82, 2.24) is 10.2 Å². The normalized spacial score (nSPS) is 14.2. The first-order chi connectivity index (χ1) is 8.15. The van der Waals surface area contributed by atoms with Gasteiger partial charge in [0.15, 0.2) is 0 Å². The van der Waals surface area contributed by atoms with Crippen LogP contribution in [0.25, 0.3) is 0 Å². The zero-order valence-corrected chi connectivity index (χ0v) is 11.0. The number of hydrogen-bond acceptors (Lipinski definition) is 3. The molecule has 0 bridgehead atoms. The molecule has 0 saturated carbocycles. The van der Waals surface area contributed by atoms with E-state index in [1.54, 1.807) is 6.92 Å². The number of nitrogens with two attached hydrogens (primary N) is 1. The fourth-order valence-corrected chi connectivity index (χ4v) is 1.62. The van der Waals surface area contributed by atoms with Gasteiger partial charge in [0.05, 0.1) is 12.6 Å². The zero-order valence-electron chi connectivity index (χ0n) is 11.0. The summed E-state index contributed by atoms with van der Waals surface area (Å²) in [5.74, 6) is -0.535. The number of carbonyl (C=O) groups excluding carboxylic acids is 1. The number of carbonyl (C=O) groups is 1. The quantitative estimate of drug-likeness (QED) is 0.694. The topological polar surface area (TPSA) is 58.4 Å². The van der Waals surface area contributed by atoms with Crippen molar-refractivity contribution in [1.29, 1.82) is 0 Å². The van der Waals surface area contributed by atoms with Gasteiger partial charge >= 0.3 is 6.18 Å². The Balaban J connectivity index is 4.26. The molecule has 0 aliphatic carbocycles. The lowest BCUT2D eigenvalue weighted by atomic mass is 10.1. The minimum absolute atomic E-state index is 0.0557. The van der Waals surface area contributed by atoms with Crippen LogP contribution in [0.4, 0.5) is 13.2 Å². The Morgan fingerprint density at radius 1 is 1.39 bits per heavy atom. The van der Waals surface area contributed by atoms with Gasteiger partial charge in [-0.25, -0.2) is 0 Å². The van der Waals surface area contributed by atoms with Crippen molar-refractivity contribution in [2.45, 2.75) is 45.5 Å². The largest absolute Gasteiger partial charge is 0.401 e. The summed E-state index contributed by atoms with van der Waals surface area (Å²) >= 11 is 0. The molecule has 0 rings (SSSR count). The minimum Gasteiger partial charge on any atom is -0.368 e. The molecule has 7 heteroatoms. The number of halogens is 3. The van der Waals surface area contributed by atoms with E-state index in [2.05, 4.69) is 5.32 Å². The van der Waals surface area contributed by atoms with E-state index in [1.165, 1.54) is 4.90 Å². The van der Waals surface area contributed by atoms with Gasteiger partial charge in [-0.2, -0.15) is 13.2 Å². The van der Waals surface area contributed by atoms with Crippen LogP contribution in [-0.4, -0.2) is 48.7 Å². The van der Waals surface area contributed by atoms with E-state index in [9.17, 15) is 18.0 Å². The second kappa shape index (κ2) is 7.58. The van der Waals surface area contributed by atoms with Gasteiger partial charge in [-0.05, 0) is 13.0 Å². The molecule has 0 aromatic rings. The van der Waals surface area contributed by atoms with E-state index in [0.717, 1.165) is 0 Å². The van der Waals surface area contributed by atoms with E-state index in [4.69, 9.17) is 5.73 Å². The fraction of sp³-hybridized carbons (Fsp3) is 0.909. The van der Waals surface area contributed by atoms with Gasteiger partial charge in [-0.1, -0.05) is 20.8 Å². The van der Waals surface area contributed by atoms with Crippen LogP contribution >= 0.6 is 0 Å². The van der Waals surface area contributed by atoms with E-state index in [0.29, 0.717) is 0 Å². The summed E-state index contributed by atoms with van der Waals surface area (Å²) < 4.78 is 36.7. The van der Waals surface area contributed by atoms with Crippen LogP contribution in [0.2, 0.25) is 0 Å². The number of nitrogens with one attached hydrogen (secondary N) is 1. The Bertz CT molecular complexity index is 256. The third-order valence-electron chi connectivity index (χ3n) is 2.46. The second-order valence-corrected chi connectivity index (χ2v) is 4.55. The van der Waals surface area contributed by atoms with Crippen molar-refractivity contribution >= 4 is 5.91 Å². The van der Waals surface area contributed by atoms with E-state index < -0.39 is 24.7 Å². The maximum absolute atomic E-state index is 12.2. The van der Waals surface area contributed by atoms with Crippen LogP contribution < -0.4 is 11.1 Å². The summed E-state index contributed by atoms with van der Waals surface area (Å²) in [6.07, 6.45) is -3.94. The summed E-state index contributed by atoms with van der Waals surface area (Å²) in [5, 5.41) is 2.94. The van der Waals surface area contributed by atoms with Gasteiger partial charge in [0, 0.05) is 12.6 Å². The van der Waals surface area contributed by atoms with Gasteiger partial charge in [-0.3, -0.25) is 9.69 Å². The minimum atomic E-state index is -4.22. The average Bonchev–Trinajstić information content (AvgIpc) is 2.19. The molecule has 0 aliphatic heterocycles. The number of rotatable bonds is 8. The van der Waals surface area contributed by atoms with E-state index >= 15 is 0 Å². The predicted molar refractivity (Wildman–Crippen MR) is 64.0 cm³/mol. The van der Waals surface area contributed by atoms with Crippen molar-refractivity contribution in [3.8, 4) is 0 Å². The van der Waals surface area contributed by atoms with Gasteiger partial charge in [0.1, 0.15) is 0 Å². The molecular formula is C11H22F3N3O. The predicted octanol–water partition coefficient (Wildman–Crippen LogP) is 1.11. The van der Waals surface area contributed by atoms with Crippen LogP contribution in [0, 0.1) is 0 Å².